The van der Waals surface area contributed by atoms with Crippen LogP contribution in [0.2, 0.25) is 0 Å². The first-order valence-corrected chi connectivity index (χ1v) is 10.3. The number of nitrogens with zero attached hydrogens (tertiary/aromatic N) is 1. The molecule has 0 radical (unpaired) electrons. The molecular formula is C21H23N3O4S. The molecule has 8 heteroatoms. The number of carbonyl (C=O) groups excluding carboxylic acids is 3. The number of rotatable bonds is 7. The van der Waals surface area contributed by atoms with Crippen molar-refractivity contribution in [2.45, 2.75) is 24.8 Å². The summed E-state index contributed by atoms with van der Waals surface area (Å²) in [4.78, 5) is 38.7. The lowest BCUT2D eigenvalue weighted by atomic mass is 10.2. The molecular weight excluding hydrogens is 390 g/mol. The molecule has 1 aliphatic heterocycles. The average molecular weight is 413 g/mol. The monoisotopic (exact) mass is 413 g/mol. The Balaban J connectivity index is 1.70. The van der Waals surface area contributed by atoms with E-state index in [-0.39, 0.29) is 23.6 Å². The molecule has 3 amide bonds. The molecule has 0 spiro atoms. The van der Waals surface area contributed by atoms with Crippen molar-refractivity contribution in [1.82, 2.24) is 5.32 Å². The number of anilines is 2. The molecule has 0 atom stereocenters. The maximum atomic E-state index is 12.8. The summed E-state index contributed by atoms with van der Waals surface area (Å²) in [5.74, 6) is -0.126. The van der Waals surface area contributed by atoms with Gasteiger partial charge in [0.1, 0.15) is 6.61 Å². The fourth-order valence-corrected chi connectivity index (χ4v) is 3.73. The maximum Gasteiger partial charge on any atom is 0.414 e. The van der Waals surface area contributed by atoms with Gasteiger partial charge in [0.15, 0.2) is 0 Å². The van der Waals surface area contributed by atoms with Crippen molar-refractivity contribution in [2.75, 3.05) is 29.1 Å². The Labute approximate surface area is 173 Å². The van der Waals surface area contributed by atoms with E-state index in [0.717, 1.165) is 4.90 Å². The highest BCUT2D eigenvalue weighted by Gasteiger charge is 2.23. The summed E-state index contributed by atoms with van der Waals surface area (Å²) in [5, 5.41) is 5.70. The van der Waals surface area contributed by atoms with Gasteiger partial charge in [-0.2, -0.15) is 0 Å². The Kier molecular flexibility index (Phi) is 6.77. The second-order valence-electron chi connectivity index (χ2n) is 6.78. The summed E-state index contributed by atoms with van der Waals surface area (Å²) in [6.07, 6.45) is -0.394. The fourth-order valence-electron chi connectivity index (χ4n) is 2.86. The Morgan fingerprint density at radius 2 is 1.97 bits per heavy atom. The van der Waals surface area contributed by atoms with Crippen molar-refractivity contribution >= 4 is 41.0 Å². The molecule has 1 heterocycles. The van der Waals surface area contributed by atoms with Crippen molar-refractivity contribution in [1.29, 1.82) is 0 Å². The van der Waals surface area contributed by atoms with Gasteiger partial charge in [0.25, 0.3) is 5.91 Å². The molecule has 0 unspecified atom stereocenters. The minimum Gasteiger partial charge on any atom is -0.447 e. The van der Waals surface area contributed by atoms with Crippen LogP contribution in [0.4, 0.5) is 16.2 Å². The first kappa shape index (κ1) is 20.7. The van der Waals surface area contributed by atoms with Crippen LogP contribution in [0.5, 0.6) is 0 Å². The van der Waals surface area contributed by atoms with E-state index >= 15 is 0 Å². The quantitative estimate of drug-likeness (QED) is 0.678. The summed E-state index contributed by atoms with van der Waals surface area (Å²) in [6.45, 7) is 4.64. The van der Waals surface area contributed by atoms with Crippen LogP contribution in [0.25, 0.3) is 0 Å². The van der Waals surface area contributed by atoms with Gasteiger partial charge < -0.3 is 15.4 Å². The van der Waals surface area contributed by atoms with E-state index in [0.29, 0.717) is 30.1 Å². The van der Waals surface area contributed by atoms with E-state index in [1.807, 2.05) is 26.0 Å². The van der Waals surface area contributed by atoms with Gasteiger partial charge in [-0.15, -0.1) is 11.8 Å². The molecule has 2 aromatic rings. The SMILES string of the molecule is CC(C)NC(=O)CSc1ccccc1C(=O)Nc1cccc(N2CCOC2=O)c1. The van der Waals surface area contributed by atoms with Crippen molar-refractivity contribution in [3.8, 4) is 0 Å². The molecule has 0 bridgehead atoms. The van der Waals surface area contributed by atoms with Crippen LogP contribution in [-0.4, -0.2) is 42.9 Å². The molecule has 1 saturated heterocycles. The zero-order chi connectivity index (χ0) is 20.8. The van der Waals surface area contributed by atoms with Gasteiger partial charge in [-0.1, -0.05) is 18.2 Å². The van der Waals surface area contributed by atoms with Gasteiger partial charge >= 0.3 is 6.09 Å². The van der Waals surface area contributed by atoms with Gasteiger partial charge in [0, 0.05) is 22.3 Å². The van der Waals surface area contributed by atoms with Crippen molar-refractivity contribution < 1.29 is 19.1 Å². The largest absolute Gasteiger partial charge is 0.447 e. The lowest BCUT2D eigenvalue weighted by Gasteiger charge is -2.15. The van der Waals surface area contributed by atoms with E-state index in [4.69, 9.17) is 4.74 Å². The molecule has 1 fully saturated rings. The van der Waals surface area contributed by atoms with Gasteiger partial charge in [-0.25, -0.2) is 4.79 Å². The van der Waals surface area contributed by atoms with E-state index < -0.39 is 6.09 Å². The van der Waals surface area contributed by atoms with Crippen LogP contribution in [0.15, 0.2) is 53.4 Å². The maximum absolute atomic E-state index is 12.8. The number of amides is 3. The molecule has 0 aliphatic carbocycles. The van der Waals surface area contributed by atoms with E-state index in [9.17, 15) is 14.4 Å². The Hall–Kier alpha value is -3.00. The third-order valence-corrected chi connectivity index (χ3v) is 5.19. The molecule has 3 rings (SSSR count). The molecule has 0 aromatic heterocycles. The predicted molar refractivity (Wildman–Crippen MR) is 114 cm³/mol. The van der Waals surface area contributed by atoms with Crippen LogP contribution in [0.3, 0.4) is 0 Å². The molecule has 7 nitrogen and oxygen atoms in total. The number of thioether (sulfide) groups is 1. The smallest absolute Gasteiger partial charge is 0.414 e. The molecule has 2 aromatic carbocycles. The second-order valence-corrected chi connectivity index (χ2v) is 7.79. The van der Waals surface area contributed by atoms with Crippen molar-refractivity contribution in [3.63, 3.8) is 0 Å². The summed E-state index contributed by atoms with van der Waals surface area (Å²) < 4.78 is 4.96. The minimum atomic E-state index is -0.394. The van der Waals surface area contributed by atoms with Gasteiger partial charge in [-0.3, -0.25) is 14.5 Å². The van der Waals surface area contributed by atoms with Crippen LogP contribution in [0, 0.1) is 0 Å². The first-order valence-electron chi connectivity index (χ1n) is 9.31. The van der Waals surface area contributed by atoms with Gasteiger partial charge in [0.2, 0.25) is 5.91 Å². The number of nitrogens with one attached hydrogen (secondary N) is 2. The third-order valence-electron chi connectivity index (χ3n) is 4.12. The Bertz CT molecular complexity index is 916. The van der Waals surface area contributed by atoms with Crippen molar-refractivity contribution in [2.24, 2.45) is 0 Å². The highest BCUT2D eigenvalue weighted by molar-refractivity contribution is 8.00. The molecule has 2 N–H and O–H groups in total. The molecule has 152 valence electrons. The second kappa shape index (κ2) is 9.47. The number of cyclic esters (lactones) is 1. The van der Waals surface area contributed by atoms with Crippen LogP contribution < -0.4 is 15.5 Å². The normalized spacial score (nSPS) is 13.3. The topological polar surface area (TPSA) is 87.7 Å². The number of ether oxygens (including phenoxy) is 1. The number of hydrogen-bond donors (Lipinski definition) is 2. The standard InChI is InChI=1S/C21H23N3O4S/c1-14(2)22-19(25)13-29-18-9-4-3-8-17(18)20(26)23-15-6-5-7-16(12-15)24-10-11-28-21(24)27/h3-9,12,14H,10-11,13H2,1-2H3,(H,22,25)(H,23,26). The Morgan fingerprint density at radius 1 is 1.17 bits per heavy atom. The van der Waals surface area contributed by atoms with Gasteiger partial charge in [0.05, 0.1) is 17.9 Å². The third kappa shape index (κ3) is 5.51. The highest BCUT2D eigenvalue weighted by atomic mass is 32.2. The van der Waals surface area contributed by atoms with Gasteiger partial charge in [-0.05, 0) is 44.2 Å². The zero-order valence-electron chi connectivity index (χ0n) is 16.3. The summed E-state index contributed by atoms with van der Waals surface area (Å²) >= 11 is 1.32. The van der Waals surface area contributed by atoms with Crippen molar-refractivity contribution in [3.05, 3.63) is 54.1 Å². The Morgan fingerprint density at radius 3 is 2.69 bits per heavy atom. The number of benzene rings is 2. The summed E-state index contributed by atoms with van der Waals surface area (Å²) in [6, 6.07) is 14.3. The van der Waals surface area contributed by atoms with E-state index in [1.54, 1.807) is 36.4 Å². The lowest BCUT2D eigenvalue weighted by Crippen LogP contribution is -2.31. The van der Waals surface area contributed by atoms with Crippen LogP contribution >= 0.6 is 11.8 Å². The average Bonchev–Trinajstić information content (AvgIpc) is 3.12. The number of carbonyl (C=O) groups is 3. The van der Waals surface area contributed by atoms with Crippen LogP contribution in [-0.2, 0) is 9.53 Å². The molecule has 29 heavy (non-hydrogen) atoms. The first-order chi connectivity index (χ1) is 13.9. The van der Waals surface area contributed by atoms with E-state index in [2.05, 4.69) is 10.6 Å². The number of hydrogen-bond acceptors (Lipinski definition) is 5. The fraction of sp³-hybridized carbons (Fsp3) is 0.286. The minimum absolute atomic E-state index is 0.0711. The summed E-state index contributed by atoms with van der Waals surface area (Å²) in [7, 11) is 0. The van der Waals surface area contributed by atoms with E-state index in [1.165, 1.54) is 16.7 Å². The summed E-state index contributed by atoms with van der Waals surface area (Å²) in [5.41, 5.74) is 1.73. The highest BCUT2D eigenvalue weighted by Crippen LogP contribution is 2.26. The molecule has 0 saturated carbocycles. The lowest BCUT2D eigenvalue weighted by molar-refractivity contribution is -0.119. The predicted octanol–water partition coefficient (Wildman–Crippen LogP) is 3.51. The van der Waals surface area contributed by atoms with Crippen LogP contribution in [0.1, 0.15) is 24.2 Å². The molecule has 1 aliphatic rings. The zero-order valence-corrected chi connectivity index (χ0v) is 17.1.